The molecule has 7 nitrogen and oxygen atoms in total. The van der Waals surface area contributed by atoms with Gasteiger partial charge in [0.05, 0.1) is 17.6 Å². The molecule has 0 saturated carbocycles. The van der Waals surface area contributed by atoms with Crippen LogP contribution in [0, 0.1) is 25.2 Å². The van der Waals surface area contributed by atoms with Gasteiger partial charge in [-0.1, -0.05) is 0 Å². The first-order chi connectivity index (χ1) is 8.60. The van der Waals surface area contributed by atoms with Crippen molar-refractivity contribution < 1.29 is 4.74 Å². The van der Waals surface area contributed by atoms with Crippen LogP contribution in [0.4, 0.5) is 0 Å². The van der Waals surface area contributed by atoms with Crippen LogP contribution < -0.4 is 10.3 Å². The van der Waals surface area contributed by atoms with Crippen LogP contribution in [0.5, 0.6) is 11.5 Å². The second-order valence-electron chi connectivity index (χ2n) is 3.56. The van der Waals surface area contributed by atoms with Crippen molar-refractivity contribution >= 4 is 0 Å². The van der Waals surface area contributed by atoms with Crippen LogP contribution in [-0.2, 0) is 0 Å². The van der Waals surface area contributed by atoms with E-state index in [9.17, 15) is 4.79 Å². The number of nitrogens with one attached hydrogen (secondary N) is 1. The van der Waals surface area contributed by atoms with E-state index in [4.69, 9.17) is 10.00 Å². The molecule has 18 heavy (non-hydrogen) atoms. The molecule has 0 aliphatic carbocycles. The molecule has 0 unspecified atom stereocenters. The maximum atomic E-state index is 11.5. The summed E-state index contributed by atoms with van der Waals surface area (Å²) in [5.41, 5.74) is 0.664. The van der Waals surface area contributed by atoms with Crippen LogP contribution in [0.2, 0.25) is 0 Å². The second kappa shape index (κ2) is 4.63. The molecular weight excluding hydrogens is 234 g/mol. The third kappa shape index (κ3) is 2.32. The third-order valence-electron chi connectivity index (χ3n) is 2.15. The number of hydrogen-bond donors (Lipinski definition) is 1. The number of aromatic nitrogens is 4. The number of aryl methyl sites for hydroxylation is 2. The van der Waals surface area contributed by atoms with Gasteiger partial charge in [0.1, 0.15) is 6.07 Å². The fourth-order valence-electron chi connectivity index (χ4n) is 1.29. The van der Waals surface area contributed by atoms with E-state index < -0.39 is 5.56 Å². The molecule has 0 aromatic carbocycles. The summed E-state index contributed by atoms with van der Waals surface area (Å²) in [6.07, 6.45) is 1.36. The predicted octanol–water partition coefficient (Wildman–Crippen LogP) is 0.841. The first-order valence-corrected chi connectivity index (χ1v) is 5.08. The lowest BCUT2D eigenvalue weighted by Crippen LogP contribution is -2.11. The fraction of sp³-hybridized carbons (Fsp3) is 0.182. The molecule has 2 rings (SSSR count). The molecule has 2 heterocycles. The first-order valence-electron chi connectivity index (χ1n) is 5.08. The van der Waals surface area contributed by atoms with Crippen LogP contribution in [0.25, 0.3) is 0 Å². The lowest BCUT2D eigenvalue weighted by Gasteiger charge is -2.06. The molecule has 0 aliphatic rings. The van der Waals surface area contributed by atoms with Crippen molar-refractivity contribution in [3.63, 3.8) is 0 Å². The predicted molar refractivity (Wildman–Crippen MR) is 61.2 cm³/mol. The average molecular weight is 243 g/mol. The van der Waals surface area contributed by atoms with Gasteiger partial charge in [0.15, 0.2) is 11.5 Å². The number of ether oxygens (including phenoxy) is 1. The van der Waals surface area contributed by atoms with Gasteiger partial charge >= 0.3 is 5.56 Å². The van der Waals surface area contributed by atoms with Crippen molar-refractivity contribution in [2.75, 3.05) is 0 Å². The Morgan fingerprint density at radius 2 is 2.17 bits per heavy atom. The minimum absolute atomic E-state index is 0.0552. The molecule has 90 valence electrons. The molecule has 0 amide bonds. The summed E-state index contributed by atoms with van der Waals surface area (Å²) >= 11 is 0. The van der Waals surface area contributed by atoms with Gasteiger partial charge in [0.25, 0.3) is 0 Å². The Morgan fingerprint density at radius 3 is 2.83 bits per heavy atom. The van der Waals surface area contributed by atoms with Gasteiger partial charge < -0.3 is 4.74 Å². The highest BCUT2D eigenvalue weighted by Gasteiger charge is 2.08. The molecule has 0 saturated heterocycles. The van der Waals surface area contributed by atoms with Crippen molar-refractivity contribution in [2.45, 2.75) is 13.8 Å². The van der Waals surface area contributed by atoms with Crippen molar-refractivity contribution in [1.82, 2.24) is 20.2 Å². The van der Waals surface area contributed by atoms with Crippen LogP contribution in [0.15, 0.2) is 17.1 Å². The van der Waals surface area contributed by atoms with Crippen LogP contribution in [-0.4, -0.2) is 20.2 Å². The molecule has 2 aromatic heterocycles. The Bertz CT molecular complexity index is 687. The zero-order chi connectivity index (χ0) is 13.1. The summed E-state index contributed by atoms with van der Waals surface area (Å²) in [7, 11) is 0. The van der Waals surface area contributed by atoms with E-state index in [0.29, 0.717) is 17.1 Å². The first kappa shape index (κ1) is 11.7. The zero-order valence-electron chi connectivity index (χ0n) is 9.76. The molecule has 0 aliphatic heterocycles. The average Bonchev–Trinajstić information content (AvgIpc) is 2.36. The van der Waals surface area contributed by atoms with Gasteiger partial charge in [0.2, 0.25) is 5.82 Å². The Labute approximate surface area is 102 Å². The third-order valence-corrected chi connectivity index (χ3v) is 2.15. The number of rotatable bonds is 2. The molecule has 0 fully saturated rings. The number of aromatic amines is 1. The second-order valence-corrected chi connectivity index (χ2v) is 3.56. The van der Waals surface area contributed by atoms with E-state index in [0.717, 1.165) is 0 Å². The van der Waals surface area contributed by atoms with E-state index in [2.05, 4.69) is 20.2 Å². The standard InChI is InChI=1S/C11H9N5O2/c1-6-3-8(11(17)16-15-6)18-9-5-13-10(4-12)14-7(9)2/h3,5H,1-2H3,(H,16,17). The van der Waals surface area contributed by atoms with Crippen molar-refractivity contribution in [2.24, 2.45) is 0 Å². The van der Waals surface area contributed by atoms with Gasteiger partial charge in [-0.15, -0.1) is 0 Å². The summed E-state index contributed by atoms with van der Waals surface area (Å²) in [6.45, 7) is 3.39. The van der Waals surface area contributed by atoms with Gasteiger partial charge in [-0.2, -0.15) is 10.4 Å². The number of hydrogen-bond acceptors (Lipinski definition) is 6. The summed E-state index contributed by atoms with van der Waals surface area (Å²) in [5.74, 6) is 0.490. The van der Waals surface area contributed by atoms with Crippen molar-refractivity contribution in [3.8, 4) is 17.6 Å². The largest absolute Gasteiger partial charge is 0.448 e. The smallest absolute Gasteiger partial charge is 0.307 e. The lowest BCUT2D eigenvalue weighted by molar-refractivity contribution is 0.462. The van der Waals surface area contributed by atoms with Gasteiger partial charge in [-0.25, -0.2) is 15.1 Å². The van der Waals surface area contributed by atoms with Crippen molar-refractivity contribution in [3.05, 3.63) is 39.8 Å². The molecule has 0 bridgehead atoms. The van der Waals surface area contributed by atoms with Crippen molar-refractivity contribution in [1.29, 1.82) is 5.26 Å². The molecular formula is C11H9N5O2. The van der Waals surface area contributed by atoms with E-state index in [-0.39, 0.29) is 11.6 Å². The molecule has 2 aromatic rings. The monoisotopic (exact) mass is 243 g/mol. The topological polar surface area (TPSA) is 105 Å². The van der Waals surface area contributed by atoms with E-state index in [1.807, 2.05) is 6.07 Å². The molecule has 0 spiro atoms. The number of nitriles is 1. The van der Waals surface area contributed by atoms with Crippen LogP contribution in [0.3, 0.4) is 0 Å². The highest BCUT2D eigenvalue weighted by Crippen LogP contribution is 2.20. The Hall–Kier alpha value is -2.75. The Kier molecular flexibility index (Phi) is 3.02. The van der Waals surface area contributed by atoms with Crippen LogP contribution in [0.1, 0.15) is 17.2 Å². The van der Waals surface area contributed by atoms with Gasteiger partial charge in [0, 0.05) is 6.07 Å². The minimum atomic E-state index is -0.440. The molecule has 1 N–H and O–H groups in total. The molecule has 7 heteroatoms. The fourth-order valence-corrected chi connectivity index (χ4v) is 1.29. The quantitative estimate of drug-likeness (QED) is 0.837. The maximum absolute atomic E-state index is 11.5. The summed E-state index contributed by atoms with van der Waals surface area (Å²) in [5, 5.41) is 14.7. The van der Waals surface area contributed by atoms with E-state index in [1.54, 1.807) is 13.8 Å². The zero-order valence-corrected chi connectivity index (χ0v) is 9.76. The van der Waals surface area contributed by atoms with E-state index in [1.165, 1.54) is 12.3 Å². The molecule has 0 radical (unpaired) electrons. The number of nitrogens with zero attached hydrogens (tertiary/aromatic N) is 4. The Morgan fingerprint density at radius 1 is 1.39 bits per heavy atom. The highest BCUT2D eigenvalue weighted by atomic mass is 16.5. The maximum Gasteiger partial charge on any atom is 0.307 e. The summed E-state index contributed by atoms with van der Waals surface area (Å²) < 4.78 is 5.40. The van der Waals surface area contributed by atoms with Crippen LogP contribution >= 0.6 is 0 Å². The van der Waals surface area contributed by atoms with Gasteiger partial charge in [-0.05, 0) is 13.8 Å². The summed E-state index contributed by atoms with van der Waals surface area (Å²) in [4.78, 5) is 19.2. The SMILES string of the molecule is Cc1cc(Oc2cnc(C#N)nc2C)c(=O)[nH]n1. The van der Waals surface area contributed by atoms with Gasteiger partial charge in [-0.3, -0.25) is 4.79 Å². The summed E-state index contributed by atoms with van der Waals surface area (Å²) in [6, 6.07) is 3.33. The molecule has 0 atom stereocenters. The number of H-pyrrole nitrogens is 1. The minimum Gasteiger partial charge on any atom is -0.448 e. The van der Waals surface area contributed by atoms with E-state index >= 15 is 0 Å². The normalized spacial score (nSPS) is 9.83. The highest BCUT2D eigenvalue weighted by molar-refractivity contribution is 5.32. The lowest BCUT2D eigenvalue weighted by atomic mass is 10.4. The Balaban J connectivity index is 2.38.